The Morgan fingerprint density at radius 3 is 3.14 bits per heavy atom. The molecule has 3 aliphatic rings. The predicted octanol–water partition coefficient (Wildman–Crippen LogP) is -0.137. The fourth-order valence-corrected chi connectivity index (χ4v) is 3.53. The fraction of sp³-hybridized carbons (Fsp3) is 0.467. The fourth-order valence-electron chi connectivity index (χ4n) is 3.53. The van der Waals surface area contributed by atoms with Crippen LogP contribution in [0.4, 0.5) is 0 Å². The number of nitrogens with one attached hydrogen (secondary N) is 2. The standard InChI is InChI=1S/C15H19N5O/c1-19-9-10(7-18-19)12-2-3-17-14-13(21)6-11-8-16-4-5-20(11)15(12)14/h2-3,7,9,11,14,16-17H,4-6,8H2,1H3. The SMILES string of the molecule is Cn1cc(C2=C3C(NC=C2)C(=O)CC2CNCCN32)cn1. The Morgan fingerprint density at radius 2 is 2.33 bits per heavy atom. The van der Waals surface area contributed by atoms with Crippen LogP contribution < -0.4 is 10.6 Å². The van der Waals surface area contributed by atoms with Crippen molar-refractivity contribution < 1.29 is 4.79 Å². The van der Waals surface area contributed by atoms with Crippen LogP contribution >= 0.6 is 0 Å². The van der Waals surface area contributed by atoms with Gasteiger partial charge in [-0.25, -0.2) is 0 Å². The van der Waals surface area contributed by atoms with Crippen molar-refractivity contribution in [2.24, 2.45) is 7.05 Å². The van der Waals surface area contributed by atoms with E-state index in [1.807, 2.05) is 25.6 Å². The van der Waals surface area contributed by atoms with Crippen molar-refractivity contribution >= 4 is 11.4 Å². The number of hydrogen-bond acceptors (Lipinski definition) is 5. The van der Waals surface area contributed by atoms with Gasteiger partial charge in [0.25, 0.3) is 0 Å². The minimum Gasteiger partial charge on any atom is -0.376 e. The highest BCUT2D eigenvalue weighted by Gasteiger charge is 2.41. The Labute approximate surface area is 123 Å². The smallest absolute Gasteiger partial charge is 0.163 e. The van der Waals surface area contributed by atoms with Crippen LogP contribution in [0.1, 0.15) is 12.0 Å². The lowest BCUT2D eigenvalue weighted by Crippen LogP contribution is -2.60. The lowest BCUT2D eigenvalue weighted by Gasteiger charge is -2.47. The van der Waals surface area contributed by atoms with Gasteiger partial charge in [-0.15, -0.1) is 0 Å². The maximum atomic E-state index is 12.5. The Bertz CT molecular complexity index is 644. The number of carbonyl (C=O) groups is 1. The summed E-state index contributed by atoms with van der Waals surface area (Å²) in [6.07, 6.45) is 8.43. The maximum Gasteiger partial charge on any atom is 0.163 e. The second kappa shape index (κ2) is 4.73. The highest BCUT2D eigenvalue weighted by Crippen LogP contribution is 2.34. The summed E-state index contributed by atoms with van der Waals surface area (Å²) in [5, 5.41) is 10.9. The van der Waals surface area contributed by atoms with E-state index in [4.69, 9.17) is 0 Å². The van der Waals surface area contributed by atoms with E-state index in [2.05, 4.69) is 26.7 Å². The monoisotopic (exact) mass is 285 g/mol. The van der Waals surface area contributed by atoms with Crippen LogP contribution in [0.15, 0.2) is 30.4 Å². The summed E-state index contributed by atoms with van der Waals surface area (Å²) in [4.78, 5) is 14.9. The number of piperidine rings is 1. The van der Waals surface area contributed by atoms with E-state index >= 15 is 0 Å². The molecule has 2 fully saturated rings. The first-order chi connectivity index (χ1) is 10.2. The first-order valence-electron chi connectivity index (χ1n) is 7.40. The van der Waals surface area contributed by atoms with Gasteiger partial charge >= 0.3 is 0 Å². The Balaban J connectivity index is 1.84. The Kier molecular flexibility index (Phi) is 2.85. The average Bonchev–Trinajstić information content (AvgIpc) is 2.93. The van der Waals surface area contributed by atoms with Gasteiger partial charge in [0.05, 0.1) is 11.9 Å². The molecule has 4 rings (SSSR count). The molecule has 2 atom stereocenters. The van der Waals surface area contributed by atoms with Gasteiger partial charge in [-0.1, -0.05) is 0 Å². The summed E-state index contributed by atoms with van der Waals surface area (Å²) in [5.74, 6) is 0.278. The number of Topliss-reactive ketones (excluding diaryl/α,β-unsaturated/α-hetero) is 1. The molecule has 6 nitrogen and oxygen atoms in total. The van der Waals surface area contributed by atoms with Gasteiger partial charge in [0.1, 0.15) is 6.04 Å². The number of ketones is 1. The number of rotatable bonds is 1. The lowest BCUT2D eigenvalue weighted by atomic mass is 9.87. The molecule has 1 aromatic rings. The Morgan fingerprint density at radius 1 is 1.43 bits per heavy atom. The second-order valence-electron chi connectivity index (χ2n) is 5.86. The van der Waals surface area contributed by atoms with Crippen LogP contribution in [0, 0.1) is 0 Å². The van der Waals surface area contributed by atoms with E-state index in [1.165, 1.54) is 0 Å². The average molecular weight is 285 g/mol. The number of carbonyl (C=O) groups excluding carboxylic acids is 1. The predicted molar refractivity (Wildman–Crippen MR) is 79.2 cm³/mol. The molecule has 0 aliphatic carbocycles. The number of fused-ring (bicyclic) bond motifs is 3. The summed E-state index contributed by atoms with van der Waals surface area (Å²) in [5.41, 5.74) is 3.31. The Hall–Kier alpha value is -2.08. The molecular weight excluding hydrogens is 266 g/mol. The molecule has 0 amide bonds. The first kappa shape index (κ1) is 12.6. The van der Waals surface area contributed by atoms with Gasteiger partial charge in [-0.2, -0.15) is 5.10 Å². The number of nitrogens with zero attached hydrogens (tertiary/aromatic N) is 3. The van der Waals surface area contributed by atoms with E-state index in [1.54, 1.807) is 4.68 Å². The zero-order valence-corrected chi connectivity index (χ0v) is 12.0. The molecule has 2 unspecified atom stereocenters. The van der Waals surface area contributed by atoms with E-state index < -0.39 is 0 Å². The molecule has 21 heavy (non-hydrogen) atoms. The molecule has 0 bridgehead atoms. The molecule has 2 saturated heterocycles. The molecule has 4 heterocycles. The highest BCUT2D eigenvalue weighted by atomic mass is 16.1. The third-order valence-corrected chi connectivity index (χ3v) is 4.50. The van der Waals surface area contributed by atoms with Crippen molar-refractivity contribution in [3.63, 3.8) is 0 Å². The van der Waals surface area contributed by atoms with Gasteiger partial charge < -0.3 is 15.5 Å². The summed E-state index contributed by atoms with van der Waals surface area (Å²) in [7, 11) is 1.91. The zero-order valence-electron chi connectivity index (χ0n) is 12.0. The number of aromatic nitrogens is 2. The molecular formula is C15H19N5O. The minimum absolute atomic E-state index is 0.209. The molecule has 6 heteroatoms. The zero-order chi connectivity index (χ0) is 14.4. The number of piperazine rings is 1. The minimum atomic E-state index is -0.209. The molecule has 110 valence electrons. The molecule has 0 aromatic carbocycles. The van der Waals surface area contributed by atoms with E-state index in [0.29, 0.717) is 6.42 Å². The summed E-state index contributed by atoms with van der Waals surface area (Å²) < 4.78 is 1.80. The van der Waals surface area contributed by atoms with Gasteiger partial charge in [-0.3, -0.25) is 9.48 Å². The first-order valence-corrected chi connectivity index (χ1v) is 7.40. The topological polar surface area (TPSA) is 62.2 Å². The summed E-state index contributed by atoms with van der Waals surface area (Å²) in [6.45, 7) is 2.79. The van der Waals surface area contributed by atoms with Crippen molar-refractivity contribution in [3.05, 3.63) is 35.9 Å². The summed E-state index contributed by atoms with van der Waals surface area (Å²) in [6, 6.07) is 0.0667. The number of hydrogen-bond donors (Lipinski definition) is 2. The van der Waals surface area contributed by atoms with Gasteiger partial charge in [-0.05, 0) is 12.3 Å². The van der Waals surface area contributed by atoms with Crippen LogP contribution in [0.5, 0.6) is 0 Å². The third-order valence-electron chi connectivity index (χ3n) is 4.50. The summed E-state index contributed by atoms with van der Waals surface area (Å²) >= 11 is 0. The molecule has 0 saturated carbocycles. The number of allylic oxidation sites excluding steroid dienone is 2. The third kappa shape index (κ3) is 1.98. The molecule has 0 radical (unpaired) electrons. The van der Waals surface area contributed by atoms with Gasteiger partial charge in [0.2, 0.25) is 0 Å². The molecule has 0 spiro atoms. The van der Waals surface area contributed by atoms with E-state index in [-0.39, 0.29) is 17.9 Å². The van der Waals surface area contributed by atoms with Crippen LogP contribution in [-0.4, -0.2) is 52.2 Å². The van der Waals surface area contributed by atoms with Crippen molar-refractivity contribution in [1.82, 2.24) is 25.3 Å². The molecule has 1 aromatic heterocycles. The molecule has 3 aliphatic heterocycles. The number of aryl methyl sites for hydroxylation is 1. The van der Waals surface area contributed by atoms with Gasteiger partial charge in [0.15, 0.2) is 5.78 Å². The van der Waals surface area contributed by atoms with Crippen molar-refractivity contribution in [2.75, 3.05) is 19.6 Å². The van der Waals surface area contributed by atoms with Gasteiger partial charge in [0, 0.05) is 56.5 Å². The van der Waals surface area contributed by atoms with Crippen LogP contribution in [0.2, 0.25) is 0 Å². The highest BCUT2D eigenvalue weighted by molar-refractivity contribution is 5.94. The molecule has 2 N–H and O–H groups in total. The van der Waals surface area contributed by atoms with E-state index in [0.717, 1.165) is 36.5 Å². The van der Waals surface area contributed by atoms with Crippen LogP contribution in [-0.2, 0) is 11.8 Å². The quantitative estimate of drug-likeness (QED) is 0.752. The van der Waals surface area contributed by atoms with Crippen molar-refractivity contribution in [3.8, 4) is 0 Å². The normalized spacial score (nSPS) is 28.2. The lowest BCUT2D eigenvalue weighted by molar-refractivity contribution is -0.123. The largest absolute Gasteiger partial charge is 0.376 e. The van der Waals surface area contributed by atoms with Crippen LogP contribution in [0.3, 0.4) is 0 Å². The van der Waals surface area contributed by atoms with Crippen molar-refractivity contribution in [1.29, 1.82) is 0 Å². The van der Waals surface area contributed by atoms with E-state index in [9.17, 15) is 4.79 Å². The second-order valence-corrected chi connectivity index (χ2v) is 5.86. The van der Waals surface area contributed by atoms with Crippen LogP contribution in [0.25, 0.3) is 5.57 Å². The maximum absolute atomic E-state index is 12.5. The number of dihydropyridines is 1. The van der Waals surface area contributed by atoms with Crippen molar-refractivity contribution in [2.45, 2.75) is 18.5 Å².